The highest BCUT2D eigenvalue weighted by atomic mass is 32.1. The average Bonchev–Trinajstić information content (AvgIpc) is 3.73. The highest BCUT2D eigenvalue weighted by Gasteiger charge is 2.35. The first-order valence-electron chi connectivity index (χ1n) is 19.1. The molecule has 0 saturated heterocycles. The molecule has 1 nitrogen and oxygen atoms in total. The van der Waals surface area contributed by atoms with Crippen LogP contribution in [0.5, 0.6) is 0 Å². The molecule has 0 N–H and O–H groups in total. The fourth-order valence-corrected chi connectivity index (χ4v) is 10.4. The summed E-state index contributed by atoms with van der Waals surface area (Å²) in [5.74, 6) is 0. The average molecular weight is 720 g/mol. The molecule has 0 radical (unpaired) electrons. The van der Waals surface area contributed by atoms with Gasteiger partial charge in [-0.3, -0.25) is 0 Å². The minimum atomic E-state index is -0.0958. The monoisotopic (exact) mass is 719 g/mol. The van der Waals surface area contributed by atoms with Crippen LogP contribution in [-0.4, -0.2) is 0 Å². The zero-order chi connectivity index (χ0) is 36.7. The Balaban J connectivity index is 1.05. The van der Waals surface area contributed by atoms with Crippen molar-refractivity contribution < 1.29 is 0 Å². The molecule has 9 aromatic carbocycles. The van der Waals surface area contributed by atoms with Crippen LogP contribution in [0.1, 0.15) is 25.0 Å². The van der Waals surface area contributed by atoms with Gasteiger partial charge in [0.05, 0.1) is 0 Å². The van der Waals surface area contributed by atoms with Gasteiger partial charge in [-0.25, -0.2) is 0 Å². The zero-order valence-electron chi connectivity index (χ0n) is 30.8. The molecule has 1 heterocycles. The second-order valence-corrected chi connectivity index (χ2v) is 16.4. The normalized spacial score (nSPS) is 13.1. The van der Waals surface area contributed by atoms with Gasteiger partial charge in [0.25, 0.3) is 0 Å². The third-order valence-corrected chi connectivity index (χ3v) is 13.1. The first kappa shape index (κ1) is 32.0. The summed E-state index contributed by atoms with van der Waals surface area (Å²) in [5.41, 5.74) is 13.7. The Morgan fingerprint density at radius 1 is 0.400 bits per heavy atom. The van der Waals surface area contributed by atoms with E-state index in [1.54, 1.807) is 0 Å². The van der Waals surface area contributed by atoms with E-state index < -0.39 is 0 Å². The summed E-state index contributed by atoms with van der Waals surface area (Å²) in [6.07, 6.45) is 0. The van der Waals surface area contributed by atoms with Crippen LogP contribution < -0.4 is 4.90 Å². The zero-order valence-corrected chi connectivity index (χ0v) is 31.6. The van der Waals surface area contributed by atoms with Gasteiger partial charge in [-0.2, -0.15) is 0 Å². The summed E-state index contributed by atoms with van der Waals surface area (Å²) < 4.78 is 2.67. The van der Waals surface area contributed by atoms with Crippen LogP contribution in [0.15, 0.2) is 188 Å². The van der Waals surface area contributed by atoms with Crippen LogP contribution in [0.25, 0.3) is 75.1 Å². The molecule has 1 aliphatic rings. The van der Waals surface area contributed by atoms with Crippen molar-refractivity contribution in [3.05, 3.63) is 199 Å². The Hall–Kier alpha value is -6.48. The highest BCUT2D eigenvalue weighted by molar-refractivity contribution is 7.26. The van der Waals surface area contributed by atoms with E-state index in [-0.39, 0.29) is 5.41 Å². The topological polar surface area (TPSA) is 3.24 Å². The minimum absolute atomic E-state index is 0.0958. The van der Waals surface area contributed by atoms with E-state index in [1.165, 1.54) is 86.2 Å². The van der Waals surface area contributed by atoms with Gasteiger partial charge in [-0.1, -0.05) is 159 Å². The van der Waals surface area contributed by atoms with Crippen LogP contribution in [0.4, 0.5) is 17.1 Å². The lowest BCUT2D eigenvalue weighted by molar-refractivity contribution is 0.660. The number of nitrogens with zero attached hydrogens (tertiary/aromatic N) is 1. The van der Waals surface area contributed by atoms with Gasteiger partial charge in [0.2, 0.25) is 0 Å². The quantitative estimate of drug-likeness (QED) is 0.160. The molecule has 0 atom stereocenters. The van der Waals surface area contributed by atoms with E-state index in [4.69, 9.17) is 0 Å². The lowest BCUT2D eigenvalue weighted by atomic mass is 9.82. The molecule has 0 spiro atoms. The van der Waals surface area contributed by atoms with Crippen molar-refractivity contribution in [1.29, 1.82) is 0 Å². The fraction of sp³-hybridized carbons (Fsp3) is 0.0566. The van der Waals surface area contributed by atoms with Crippen molar-refractivity contribution in [2.75, 3.05) is 4.90 Å². The molecule has 0 aliphatic heterocycles. The summed E-state index contributed by atoms with van der Waals surface area (Å²) in [4.78, 5) is 2.42. The predicted molar refractivity (Wildman–Crippen MR) is 237 cm³/mol. The van der Waals surface area contributed by atoms with Gasteiger partial charge in [-0.15, -0.1) is 11.3 Å². The van der Waals surface area contributed by atoms with E-state index in [1.807, 2.05) is 11.3 Å². The van der Waals surface area contributed by atoms with Crippen molar-refractivity contribution in [2.24, 2.45) is 0 Å². The largest absolute Gasteiger partial charge is 0.310 e. The summed E-state index contributed by atoms with van der Waals surface area (Å²) >= 11 is 1.88. The second kappa shape index (κ2) is 12.3. The number of thiophene rings is 1. The highest BCUT2D eigenvalue weighted by Crippen LogP contribution is 2.51. The fourth-order valence-electron chi connectivity index (χ4n) is 9.13. The van der Waals surface area contributed by atoms with E-state index in [2.05, 4.69) is 207 Å². The van der Waals surface area contributed by atoms with Gasteiger partial charge >= 0.3 is 0 Å². The molecule has 2 heteroatoms. The van der Waals surface area contributed by atoms with Crippen LogP contribution in [0.3, 0.4) is 0 Å². The van der Waals surface area contributed by atoms with E-state index in [0.717, 1.165) is 17.1 Å². The maximum atomic E-state index is 2.42. The van der Waals surface area contributed by atoms with Crippen molar-refractivity contribution in [3.63, 3.8) is 0 Å². The minimum Gasteiger partial charge on any atom is -0.310 e. The van der Waals surface area contributed by atoms with Crippen LogP contribution in [0.2, 0.25) is 0 Å². The van der Waals surface area contributed by atoms with Gasteiger partial charge in [-0.05, 0) is 109 Å². The molecule has 1 aliphatic carbocycles. The summed E-state index contributed by atoms with van der Waals surface area (Å²) in [5, 5.41) is 7.76. The van der Waals surface area contributed by atoms with Crippen LogP contribution in [0, 0.1) is 0 Å². The van der Waals surface area contributed by atoms with E-state index >= 15 is 0 Å². The van der Waals surface area contributed by atoms with Gasteiger partial charge in [0.1, 0.15) is 0 Å². The number of hydrogen-bond donors (Lipinski definition) is 0. The summed E-state index contributed by atoms with van der Waals surface area (Å²) in [7, 11) is 0. The lowest BCUT2D eigenvalue weighted by Crippen LogP contribution is -2.16. The van der Waals surface area contributed by atoms with Crippen molar-refractivity contribution >= 4 is 70.1 Å². The molecule has 0 unspecified atom stereocenters. The summed E-state index contributed by atoms with van der Waals surface area (Å²) in [6, 6.07) is 69.6. The predicted octanol–water partition coefficient (Wildman–Crippen LogP) is 15.5. The number of fused-ring (bicyclic) bond motifs is 9. The number of benzene rings is 9. The first-order chi connectivity index (χ1) is 27.0. The molecular formula is C53H37NS. The molecular weight excluding hydrogens is 683 g/mol. The van der Waals surface area contributed by atoms with Gasteiger partial charge in [0.15, 0.2) is 0 Å². The maximum Gasteiger partial charge on any atom is 0.0465 e. The Morgan fingerprint density at radius 3 is 1.78 bits per heavy atom. The SMILES string of the molecule is CC1(C)c2ccccc2-c2ccc(N(c3ccc(-c4cccc5c4sc4ccccc45)cc3)c3ccc(-c4cccc5ccc6ccccc6c45)cc3)cc21. The molecule has 0 amide bonds. The van der Waals surface area contributed by atoms with Gasteiger partial charge < -0.3 is 4.90 Å². The Morgan fingerprint density at radius 2 is 0.964 bits per heavy atom. The first-order valence-corrected chi connectivity index (χ1v) is 19.9. The number of rotatable bonds is 5. The molecule has 55 heavy (non-hydrogen) atoms. The number of anilines is 3. The third kappa shape index (κ3) is 4.99. The van der Waals surface area contributed by atoms with E-state index in [0.29, 0.717) is 0 Å². The van der Waals surface area contributed by atoms with Crippen LogP contribution in [-0.2, 0) is 5.41 Å². The summed E-state index contributed by atoms with van der Waals surface area (Å²) in [6.45, 7) is 4.72. The van der Waals surface area contributed by atoms with Crippen molar-refractivity contribution in [2.45, 2.75) is 19.3 Å². The standard InChI is InChI=1S/C53H37NS/c1-53(2)48-19-7-5-14-44(48)45-32-31-40(33-49(45)53)54(39-29-25-36(26-30-39)43-17-10-18-47-46-15-6-8-20-50(46)55-52(43)47)38-27-23-35(24-28-38)42-16-9-12-37-22-21-34-11-3-4-13-41(34)51(37)42/h3-33H,1-2H3. The Bertz CT molecular complexity index is 3110. The molecule has 1 aromatic heterocycles. The smallest absolute Gasteiger partial charge is 0.0465 e. The molecule has 11 rings (SSSR count). The van der Waals surface area contributed by atoms with Gasteiger partial charge in [0, 0.05) is 42.6 Å². The molecule has 0 bridgehead atoms. The maximum absolute atomic E-state index is 2.42. The molecule has 0 fully saturated rings. The molecule has 10 aromatic rings. The van der Waals surface area contributed by atoms with E-state index in [9.17, 15) is 0 Å². The molecule has 260 valence electrons. The second-order valence-electron chi connectivity index (χ2n) is 15.3. The Kier molecular flexibility index (Phi) is 7.14. The Labute approximate surface area is 325 Å². The van der Waals surface area contributed by atoms with Crippen molar-refractivity contribution in [3.8, 4) is 33.4 Å². The lowest BCUT2D eigenvalue weighted by Gasteiger charge is -2.28. The van der Waals surface area contributed by atoms with Crippen LogP contribution >= 0.6 is 11.3 Å². The van der Waals surface area contributed by atoms with Crippen molar-refractivity contribution in [1.82, 2.24) is 0 Å². The molecule has 0 saturated carbocycles. The third-order valence-electron chi connectivity index (χ3n) is 11.9. The number of hydrogen-bond acceptors (Lipinski definition) is 2.